The van der Waals surface area contributed by atoms with Gasteiger partial charge in [0.15, 0.2) is 0 Å². The van der Waals surface area contributed by atoms with E-state index in [2.05, 4.69) is 24.1 Å². The Balaban J connectivity index is 1.94. The molecule has 0 atom stereocenters. The van der Waals surface area contributed by atoms with Crippen molar-refractivity contribution in [3.05, 3.63) is 29.3 Å². The van der Waals surface area contributed by atoms with Crippen molar-refractivity contribution < 1.29 is 9.59 Å². The van der Waals surface area contributed by atoms with Crippen molar-refractivity contribution in [2.75, 3.05) is 31.6 Å². The molecule has 5 nitrogen and oxygen atoms in total. The molecule has 0 radical (unpaired) electrons. The normalized spacial score (nSPS) is 21.5. The lowest BCUT2D eigenvalue weighted by atomic mass is 10.0. The molecule has 0 aliphatic carbocycles. The van der Waals surface area contributed by atoms with Gasteiger partial charge in [-0.2, -0.15) is 0 Å². The van der Waals surface area contributed by atoms with Gasteiger partial charge < -0.3 is 10.2 Å². The quantitative estimate of drug-likeness (QED) is 0.795. The molecular formula is C16H21N3O2. The first-order valence-electron chi connectivity index (χ1n) is 7.35. The molecule has 1 fully saturated rings. The average molecular weight is 287 g/mol. The minimum atomic E-state index is -0.209. The van der Waals surface area contributed by atoms with Crippen molar-refractivity contribution in [2.24, 2.45) is 0 Å². The summed E-state index contributed by atoms with van der Waals surface area (Å²) >= 11 is 0. The number of hydrogen-bond donors (Lipinski definition) is 1. The maximum Gasteiger partial charge on any atom is 0.261 e. The van der Waals surface area contributed by atoms with Crippen LogP contribution >= 0.6 is 0 Å². The second-order valence-electron chi connectivity index (χ2n) is 6.48. The van der Waals surface area contributed by atoms with Gasteiger partial charge in [-0.25, -0.2) is 0 Å². The summed E-state index contributed by atoms with van der Waals surface area (Å²) in [4.78, 5) is 27.5. The first kappa shape index (κ1) is 14.1. The van der Waals surface area contributed by atoms with Gasteiger partial charge in [0.25, 0.3) is 11.8 Å². The third-order valence-corrected chi connectivity index (χ3v) is 4.23. The maximum absolute atomic E-state index is 12.1. The van der Waals surface area contributed by atoms with Crippen LogP contribution in [0.3, 0.4) is 0 Å². The third kappa shape index (κ3) is 2.42. The summed E-state index contributed by atoms with van der Waals surface area (Å²) in [6.45, 7) is 7.19. The lowest BCUT2D eigenvalue weighted by Gasteiger charge is -2.31. The Morgan fingerprint density at radius 3 is 2.62 bits per heavy atom. The van der Waals surface area contributed by atoms with Crippen LogP contribution in [0.25, 0.3) is 0 Å². The van der Waals surface area contributed by atoms with Crippen LogP contribution in [0.15, 0.2) is 18.2 Å². The van der Waals surface area contributed by atoms with Gasteiger partial charge in [-0.1, -0.05) is 0 Å². The van der Waals surface area contributed by atoms with Gasteiger partial charge in [0, 0.05) is 31.4 Å². The summed E-state index contributed by atoms with van der Waals surface area (Å²) in [7, 11) is 1.53. The zero-order chi connectivity index (χ0) is 15.2. The van der Waals surface area contributed by atoms with Gasteiger partial charge in [0.1, 0.15) is 0 Å². The van der Waals surface area contributed by atoms with E-state index < -0.39 is 0 Å². The van der Waals surface area contributed by atoms with Gasteiger partial charge >= 0.3 is 0 Å². The summed E-state index contributed by atoms with van der Waals surface area (Å²) in [5, 5.41) is 3.52. The monoisotopic (exact) mass is 287 g/mol. The summed E-state index contributed by atoms with van der Waals surface area (Å²) < 4.78 is 0. The molecule has 2 aliphatic rings. The molecule has 2 heterocycles. The molecule has 5 heteroatoms. The summed E-state index contributed by atoms with van der Waals surface area (Å²) in [5.41, 5.74) is 2.09. The van der Waals surface area contributed by atoms with E-state index in [1.807, 2.05) is 12.1 Å². The van der Waals surface area contributed by atoms with Crippen LogP contribution in [0.2, 0.25) is 0 Å². The number of nitrogens with zero attached hydrogens (tertiary/aromatic N) is 2. The highest BCUT2D eigenvalue weighted by atomic mass is 16.2. The molecule has 0 bridgehead atoms. The van der Waals surface area contributed by atoms with Crippen molar-refractivity contribution in [1.82, 2.24) is 10.2 Å². The van der Waals surface area contributed by atoms with Gasteiger partial charge in [0.05, 0.1) is 11.1 Å². The predicted molar refractivity (Wildman–Crippen MR) is 81.8 cm³/mol. The second kappa shape index (κ2) is 4.84. The van der Waals surface area contributed by atoms with E-state index in [-0.39, 0.29) is 17.4 Å². The standard InChI is InChI=1S/C16H21N3O2/c1-16(2)10-19(8-4-7-17-16)11-5-6-12-13(9-11)15(21)18(3)14(12)20/h5-6,9,17H,4,7-8,10H2,1-3H3. The van der Waals surface area contributed by atoms with E-state index in [9.17, 15) is 9.59 Å². The molecule has 0 unspecified atom stereocenters. The molecule has 2 aliphatic heterocycles. The number of carbonyl (C=O) groups is 2. The lowest BCUT2D eigenvalue weighted by molar-refractivity contribution is 0.0693. The van der Waals surface area contributed by atoms with Crippen LogP contribution in [0.5, 0.6) is 0 Å². The van der Waals surface area contributed by atoms with Crippen molar-refractivity contribution in [3.63, 3.8) is 0 Å². The van der Waals surface area contributed by atoms with Crippen LogP contribution in [0.4, 0.5) is 5.69 Å². The highest BCUT2D eigenvalue weighted by Crippen LogP contribution is 2.28. The van der Waals surface area contributed by atoms with Gasteiger partial charge in [-0.3, -0.25) is 14.5 Å². The van der Waals surface area contributed by atoms with E-state index in [1.165, 1.54) is 11.9 Å². The van der Waals surface area contributed by atoms with Gasteiger partial charge in [-0.15, -0.1) is 0 Å². The maximum atomic E-state index is 12.1. The fourth-order valence-corrected chi connectivity index (χ4v) is 3.08. The zero-order valence-electron chi connectivity index (χ0n) is 12.8. The molecule has 0 spiro atoms. The molecular weight excluding hydrogens is 266 g/mol. The van der Waals surface area contributed by atoms with E-state index in [0.29, 0.717) is 11.1 Å². The Kier molecular flexibility index (Phi) is 3.24. The Bertz CT molecular complexity index is 610. The Morgan fingerprint density at radius 1 is 1.14 bits per heavy atom. The Morgan fingerprint density at radius 2 is 1.86 bits per heavy atom. The fourth-order valence-electron chi connectivity index (χ4n) is 3.08. The van der Waals surface area contributed by atoms with Gasteiger partial charge in [-0.05, 0) is 45.0 Å². The molecule has 3 rings (SSSR count). The molecule has 0 aromatic heterocycles. The summed E-state index contributed by atoms with van der Waals surface area (Å²) in [5.74, 6) is -0.413. The highest BCUT2D eigenvalue weighted by Gasteiger charge is 2.33. The largest absolute Gasteiger partial charge is 0.370 e. The SMILES string of the molecule is CN1C(=O)c2ccc(N3CCCNC(C)(C)C3)cc2C1=O. The second-order valence-corrected chi connectivity index (χ2v) is 6.48. The van der Waals surface area contributed by atoms with E-state index in [4.69, 9.17) is 0 Å². The molecule has 1 saturated heterocycles. The van der Waals surface area contributed by atoms with Crippen LogP contribution in [-0.4, -0.2) is 48.9 Å². The molecule has 1 aromatic rings. The number of amides is 2. The first-order valence-corrected chi connectivity index (χ1v) is 7.35. The molecule has 2 amide bonds. The topological polar surface area (TPSA) is 52.7 Å². The number of benzene rings is 1. The van der Waals surface area contributed by atoms with Crippen molar-refractivity contribution >= 4 is 17.5 Å². The zero-order valence-corrected chi connectivity index (χ0v) is 12.8. The van der Waals surface area contributed by atoms with Crippen LogP contribution in [0.1, 0.15) is 41.0 Å². The van der Waals surface area contributed by atoms with E-state index in [0.717, 1.165) is 31.7 Å². The van der Waals surface area contributed by atoms with Crippen molar-refractivity contribution in [3.8, 4) is 0 Å². The minimum absolute atomic E-state index is 0.0339. The number of rotatable bonds is 1. The molecule has 1 N–H and O–H groups in total. The average Bonchev–Trinajstić information content (AvgIpc) is 2.60. The van der Waals surface area contributed by atoms with Crippen LogP contribution in [0, 0.1) is 0 Å². The van der Waals surface area contributed by atoms with Gasteiger partial charge in [0.2, 0.25) is 0 Å². The number of carbonyl (C=O) groups excluding carboxylic acids is 2. The summed E-state index contributed by atoms with van der Waals surface area (Å²) in [6.07, 6.45) is 1.06. The van der Waals surface area contributed by atoms with E-state index >= 15 is 0 Å². The van der Waals surface area contributed by atoms with Crippen LogP contribution < -0.4 is 10.2 Å². The minimum Gasteiger partial charge on any atom is -0.370 e. The lowest BCUT2D eigenvalue weighted by Crippen LogP contribution is -2.46. The molecule has 112 valence electrons. The Labute approximate surface area is 124 Å². The fraction of sp³-hybridized carbons (Fsp3) is 0.500. The van der Waals surface area contributed by atoms with Crippen molar-refractivity contribution in [1.29, 1.82) is 0 Å². The predicted octanol–water partition coefficient (Wildman–Crippen LogP) is 1.49. The third-order valence-electron chi connectivity index (χ3n) is 4.23. The number of imide groups is 1. The Hall–Kier alpha value is -1.88. The van der Waals surface area contributed by atoms with E-state index in [1.54, 1.807) is 6.07 Å². The number of hydrogen-bond acceptors (Lipinski definition) is 4. The molecule has 0 saturated carbocycles. The highest BCUT2D eigenvalue weighted by molar-refractivity contribution is 6.21. The molecule has 21 heavy (non-hydrogen) atoms. The number of nitrogens with one attached hydrogen (secondary N) is 1. The number of fused-ring (bicyclic) bond motifs is 1. The number of anilines is 1. The first-order chi connectivity index (χ1) is 9.89. The smallest absolute Gasteiger partial charge is 0.261 e. The summed E-state index contributed by atoms with van der Waals surface area (Å²) in [6, 6.07) is 5.59. The molecule has 1 aromatic carbocycles. The van der Waals surface area contributed by atoms with Crippen molar-refractivity contribution in [2.45, 2.75) is 25.8 Å². The van der Waals surface area contributed by atoms with Crippen LogP contribution in [-0.2, 0) is 0 Å².